The minimum atomic E-state index is -1.19. The number of aliphatic hydroxyl groups excluding tert-OH is 1. The van der Waals surface area contributed by atoms with Crippen LogP contribution in [0.3, 0.4) is 0 Å². The highest BCUT2D eigenvalue weighted by Gasteiger charge is 2.20. The van der Waals surface area contributed by atoms with Gasteiger partial charge in [0.25, 0.3) is 0 Å². The second-order valence-electron chi connectivity index (χ2n) is 4.86. The van der Waals surface area contributed by atoms with Crippen LogP contribution in [0.5, 0.6) is 11.5 Å². The first-order valence-corrected chi connectivity index (χ1v) is 7.91. The topological polar surface area (TPSA) is 109 Å². The Balaban J connectivity index is 2.49. The Morgan fingerprint density at radius 3 is 2.32 bits per heavy atom. The number of hydrogen-bond acceptors (Lipinski definition) is 6. The van der Waals surface area contributed by atoms with Crippen molar-refractivity contribution in [3.8, 4) is 11.5 Å². The lowest BCUT2D eigenvalue weighted by atomic mass is 10.1. The molecule has 0 fully saturated rings. The molecule has 0 saturated carbocycles. The van der Waals surface area contributed by atoms with Crippen molar-refractivity contribution < 1.29 is 19.3 Å². The van der Waals surface area contributed by atoms with Crippen LogP contribution in [0, 0.1) is 0 Å². The van der Waals surface area contributed by atoms with Crippen molar-refractivity contribution in [3.63, 3.8) is 0 Å². The number of benzene rings is 2. The zero-order valence-corrected chi connectivity index (χ0v) is 15.4. The lowest BCUT2D eigenvalue weighted by Crippen LogP contribution is -2.06. The average Bonchev–Trinajstić information content (AvgIpc) is 2.62. The molecule has 132 valence electrons. The van der Waals surface area contributed by atoms with E-state index >= 15 is 0 Å². The molecule has 0 aliphatic carbocycles. The van der Waals surface area contributed by atoms with Gasteiger partial charge >= 0.3 is 0 Å². The van der Waals surface area contributed by atoms with E-state index in [1.54, 1.807) is 24.3 Å². The van der Waals surface area contributed by atoms with E-state index in [0.29, 0.717) is 34.1 Å². The smallest absolute Gasteiger partial charge is 0.188 e. The molecule has 2 aromatic rings. The summed E-state index contributed by atoms with van der Waals surface area (Å²) in [4.78, 5) is 2.83. The summed E-state index contributed by atoms with van der Waals surface area (Å²) in [7, 11) is 4.34. The minimum Gasteiger partial charge on any atom is -0.496 e. The van der Waals surface area contributed by atoms with Gasteiger partial charge in [-0.2, -0.15) is 0 Å². The van der Waals surface area contributed by atoms with E-state index in [-0.39, 0.29) is 0 Å². The Kier molecular flexibility index (Phi) is 6.49. The van der Waals surface area contributed by atoms with E-state index in [1.807, 2.05) is 6.07 Å². The largest absolute Gasteiger partial charge is 0.496 e. The second-order valence-corrected chi connectivity index (χ2v) is 5.77. The van der Waals surface area contributed by atoms with Crippen LogP contribution < -0.4 is 14.8 Å². The van der Waals surface area contributed by atoms with Gasteiger partial charge < -0.3 is 24.6 Å². The predicted molar refractivity (Wildman–Crippen MR) is 97.7 cm³/mol. The molecule has 1 atom stereocenters. The zero-order valence-electron chi connectivity index (χ0n) is 13.9. The molecule has 0 aromatic heterocycles. The van der Waals surface area contributed by atoms with Crippen LogP contribution in [0.1, 0.15) is 11.9 Å². The van der Waals surface area contributed by atoms with Crippen molar-refractivity contribution in [2.24, 2.45) is 5.11 Å². The van der Waals surface area contributed by atoms with Gasteiger partial charge in [0.2, 0.25) is 0 Å². The van der Waals surface area contributed by atoms with Gasteiger partial charge in [-0.25, -0.2) is 0 Å². The van der Waals surface area contributed by atoms with Crippen LogP contribution in [0.2, 0.25) is 0 Å². The number of methoxy groups -OCH3 is 3. The van der Waals surface area contributed by atoms with E-state index in [1.165, 1.54) is 21.3 Å². The van der Waals surface area contributed by atoms with E-state index in [4.69, 9.17) is 19.7 Å². The van der Waals surface area contributed by atoms with Gasteiger partial charge in [-0.1, -0.05) is 21.0 Å². The van der Waals surface area contributed by atoms with E-state index in [0.717, 1.165) is 4.47 Å². The number of halogens is 1. The highest BCUT2D eigenvalue weighted by Crippen LogP contribution is 2.39. The summed E-state index contributed by atoms with van der Waals surface area (Å²) >= 11 is 3.34. The Morgan fingerprint density at radius 1 is 1.16 bits per heavy atom. The van der Waals surface area contributed by atoms with Gasteiger partial charge in [0.1, 0.15) is 11.5 Å². The molecule has 0 heterocycles. The molecule has 0 aliphatic heterocycles. The third-order valence-electron chi connectivity index (χ3n) is 3.41. The third-order valence-corrected chi connectivity index (χ3v) is 3.90. The number of rotatable bonds is 7. The summed E-state index contributed by atoms with van der Waals surface area (Å²) in [6, 6.07) is 8.64. The number of ether oxygens (including phenoxy) is 3. The summed E-state index contributed by atoms with van der Waals surface area (Å²) in [5, 5.41) is 16.8. The standard InChI is InChI=1S/C16H17BrN4O4/c1-23-13-7-10(8-14(24-2)15(13)16(22)25-3)19-11-5-4-9(17)6-12(11)20-21-18/h4-8,16,19,22H,1-3H3. The molecular formula is C16H17BrN4O4. The monoisotopic (exact) mass is 408 g/mol. The summed E-state index contributed by atoms with van der Waals surface area (Å²) in [6.07, 6.45) is -1.19. The van der Waals surface area contributed by atoms with E-state index in [9.17, 15) is 5.11 Å². The van der Waals surface area contributed by atoms with Gasteiger partial charge in [0, 0.05) is 40.0 Å². The van der Waals surface area contributed by atoms with Crippen LogP contribution in [0.15, 0.2) is 39.9 Å². The maximum absolute atomic E-state index is 10.0. The molecule has 2 N–H and O–H groups in total. The van der Waals surface area contributed by atoms with Gasteiger partial charge in [0.15, 0.2) is 6.29 Å². The Hall–Kier alpha value is -2.45. The maximum atomic E-state index is 10.0. The van der Waals surface area contributed by atoms with Gasteiger partial charge in [-0.3, -0.25) is 0 Å². The first-order chi connectivity index (χ1) is 12.0. The molecule has 2 rings (SSSR count). The van der Waals surface area contributed by atoms with Crippen LogP contribution in [0.4, 0.5) is 17.1 Å². The SMILES string of the molecule is COc1cc(Nc2ccc(Br)cc2N=[N+]=[N-])cc(OC)c1C(O)OC. The van der Waals surface area contributed by atoms with E-state index in [2.05, 4.69) is 31.3 Å². The van der Waals surface area contributed by atoms with Crippen molar-refractivity contribution in [2.75, 3.05) is 26.6 Å². The molecule has 0 spiro atoms. The zero-order chi connectivity index (χ0) is 18.4. The summed E-state index contributed by atoms with van der Waals surface area (Å²) in [5.41, 5.74) is 10.8. The van der Waals surface area contributed by atoms with Crippen LogP contribution in [-0.4, -0.2) is 26.4 Å². The predicted octanol–water partition coefficient (Wildman–Crippen LogP) is 4.79. The van der Waals surface area contributed by atoms with Gasteiger partial charge in [-0.15, -0.1) is 0 Å². The number of nitrogens with zero attached hydrogens (tertiary/aromatic N) is 3. The lowest BCUT2D eigenvalue weighted by Gasteiger charge is -2.19. The molecule has 9 heteroatoms. The van der Waals surface area contributed by atoms with Crippen LogP contribution >= 0.6 is 15.9 Å². The van der Waals surface area contributed by atoms with Crippen molar-refractivity contribution in [1.82, 2.24) is 0 Å². The molecule has 1 unspecified atom stereocenters. The fourth-order valence-electron chi connectivity index (χ4n) is 2.27. The molecule has 25 heavy (non-hydrogen) atoms. The molecule has 0 amide bonds. The molecule has 8 nitrogen and oxygen atoms in total. The summed E-state index contributed by atoms with van der Waals surface area (Å²) in [6.45, 7) is 0. The third kappa shape index (κ3) is 4.34. The normalized spacial score (nSPS) is 11.4. The van der Waals surface area contributed by atoms with Crippen LogP contribution in [0.25, 0.3) is 10.4 Å². The first-order valence-electron chi connectivity index (χ1n) is 7.12. The highest BCUT2D eigenvalue weighted by molar-refractivity contribution is 9.10. The first kappa shape index (κ1) is 18.9. The number of nitrogens with one attached hydrogen (secondary N) is 1. The highest BCUT2D eigenvalue weighted by atomic mass is 79.9. The summed E-state index contributed by atoms with van der Waals surface area (Å²) in [5.74, 6) is 0.775. The fraction of sp³-hybridized carbons (Fsp3) is 0.250. The molecule has 0 bridgehead atoms. The second kappa shape index (κ2) is 8.59. The number of azide groups is 1. The Labute approximate surface area is 153 Å². The number of anilines is 2. The molecule has 0 aliphatic rings. The lowest BCUT2D eigenvalue weighted by molar-refractivity contribution is -0.0792. The minimum absolute atomic E-state index is 0.379. The van der Waals surface area contributed by atoms with Crippen molar-refractivity contribution in [3.05, 3.63) is 50.8 Å². The molecular weight excluding hydrogens is 392 g/mol. The van der Waals surface area contributed by atoms with Crippen molar-refractivity contribution in [2.45, 2.75) is 6.29 Å². The average molecular weight is 409 g/mol. The molecule has 0 saturated heterocycles. The maximum Gasteiger partial charge on any atom is 0.188 e. The van der Waals surface area contributed by atoms with Crippen molar-refractivity contribution in [1.29, 1.82) is 0 Å². The molecule has 2 aromatic carbocycles. The van der Waals surface area contributed by atoms with Gasteiger partial charge in [-0.05, 0) is 23.7 Å². The van der Waals surface area contributed by atoms with Gasteiger partial charge in [0.05, 0.1) is 25.5 Å². The van der Waals surface area contributed by atoms with Crippen molar-refractivity contribution >= 4 is 33.0 Å². The quantitative estimate of drug-likeness (QED) is 0.296. The Morgan fingerprint density at radius 2 is 1.80 bits per heavy atom. The summed E-state index contributed by atoms with van der Waals surface area (Å²) < 4.78 is 16.4. The number of aliphatic hydroxyl groups is 1. The fourth-order valence-corrected chi connectivity index (χ4v) is 2.62. The van der Waals surface area contributed by atoms with Crippen LogP contribution in [-0.2, 0) is 4.74 Å². The Bertz CT molecular complexity index is 784. The number of hydrogen-bond donors (Lipinski definition) is 2. The van der Waals surface area contributed by atoms with E-state index < -0.39 is 6.29 Å². The molecule has 0 radical (unpaired) electrons.